The van der Waals surface area contributed by atoms with Gasteiger partial charge in [-0.25, -0.2) is 0 Å². The van der Waals surface area contributed by atoms with Crippen LogP contribution >= 0.6 is 12.2 Å². The number of benzene rings is 2. The summed E-state index contributed by atoms with van der Waals surface area (Å²) in [4.78, 5) is 2.42. The van der Waals surface area contributed by atoms with Crippen LogP contribution in [0.15, 0.2) is 48.5 Å². The molecule has 0 unspecified atom stereocenters. The van der Waals surface area contributed by atoms with Crippen molar-refractivity contribution in [1.82, 2.24) is 10.2 Å². The number of morpholine rings is 1. The average molecular weight is 370 g/mol. The minimum absolute atomic E-state index is 0.140. The molecule has 2 aromatic rings. The number of hydrogen-bond donors (Lipinski definition) is 2. The fraction of sp³-hybridized carbons (Fsp3) is 0.381. The first-order chi connectivity index (χ1) is 12.6. The summed E-state index contributed by atoms with van der Waals surface area (Å²) in [6.07, 6.45) is 0. The van der Waals surface area contributed by atoms with Crippen molar-refractivity contribution in [2.24, 2.45) is 0 Å². The number of thiocarbonyl (C=S) groups is 1. The van der Waals surface area contributed by atoms with E-state index in [9.17, 15) is 0 Å². The Hall–Kier alpha value is -1.95. The highest BCUT2D eigenvalue weighted by Crippen LogP contribution is 2.17. The van der Waals surface area contributed by atoms with Crippen molar-refractivity contribution in [2.45, 2.75) is 19.9 Å². The van der Waals surface area contributed by atoms with Crippen LogP contribution in [0.4, 0.5) is 5.69 Å². The van der Waals surface area contributed by atoms with Crippen molar-refractivity contribution in [2.75, 3.05) is 38.2 Å². The molecule has 0 aliphatic carbocycles. The summed E-state index contributed by atoms with van der Waals surface area (Å²) >= 11 is 5.59. The maximum atomic E-state index is 5.59. The Balaban J connectivity index is 1.67. The second kappa shape index (κ2) is 9.12. The summed E-state index contributed by atoms with van der Waals surface area (Å²) in [7, 11) is 0. The molecule has 1 atom stereocenters. The molecule has 1 heterocycles. The first-order valence-electron chi connectivity index (χ1n) is 9.11. The van der Waals surface area contributed by atoms with Crippen molar-refractivity contribution in [3.63, 3.8) is 0 Å². The average Bonchev–Trinajstić information content (AvgIpc) is 2.66. The minimum Gasteiger partial charge on any atom is -0.379 e. The van der Waals surface area contributed by atoms with Gasteiger partial charge in [0.25, 0.3) is 0 Å². The molecular formula is C21H27N3OS. The highest BCUT2D eigenvalue weighted by atomic mass is 32.1. The van der Waals surface area contributed by atoms with E-state index in [-0.39, 0.29) is 6.04 Å². The minimum atomic E-state index is 0.140. The van der Waals surface area contributed by atoms with Crippen LogP contribution in [0.5, 0.6) is 0 Å². The fourth-order valence-corrected chi connectivity index (χ4v) is 3.37. The monoisotopic (exact) mass is 369 g/mol. The zero-order chi connectivity index (χ0) is 18.4. The van der Waals surface area contributed by atoms with Gasteiger partial charge in [0, 0.05) is 25.3 Å². The molecular weight excluding hydrogens is 342 g/mol. The lowest BCUT2D eigenvalue weighted by molar-refractivity contribution is 0.0344. The van der Waals surface area contributed by atoms with Crippen LogP contribution in [-0.2, 0) is 4.74 Å². The van der Waals surface area contributed by atoms with Gasteiger partial charge in [0.2, 0.25) is 0 Å². The van der Waals surface area contributed by atoms with Gasteiger partial charge in [-0.15, -0.1) is 0 Å². The van der Waals surface area contributed by atoms with Gasteiger partial charge in [0.05, 0.1) is 19.3 Å². The molecule has 138 valence electrons. The molecule has 1 saturated heterocycles. The summed E-state index contributed by atoms with van der Waals surface area (Å²) in [5.74, 6) is 0. The van der Waals surface area contributed by atoms with Gasteiger partial charge >= 0.3 is 0 Å². The zero-order valence-electron chi connectivity index (χ0n) is 15.5. The molecule has 2 N–H and O–H groups in total. The van der Waals surface area contributed by atoms with Crippen LogP contribution in [0.25, 0.3) is 0 Å². The normalized spacial score (nSPS) is 16.1. The summed E-state index contributed by atoms with van der Waals surface area (Å²) in [6.45, 7) is 8.65. The van der Waals surface area contributed by atoms with Crippen molar-refractivity contribution in [1.29, 1.82) is 0 Å². The summed E-state index contributed by atoms with van der Waals surface area (Å²) in [6, 6.07) is 16.9. The Morgan fingerprint density at radius 2 is 1.81 bits per heavy atom. The zero-order valence-corrected chi connectivity index (χ0v) is 16.3. The Kier molecular flexibility index (Phi) is 6.61. The lowest BCUT2D eigenvalue weighted by Gasteiger charge is -2.31. The van der Waals surface area contributed by atoms with E-state index in [4.69, 9.17) is 17.0 Å². The maximum Gasteiger partial charge on any atom is 0.171 e. The molecule has 0 bridgehead atoms. The fourth-order valence-electron chi connectivity index (χ4n) is 3.11. The van der Waals surface area contributed by atoms with E-state index in [0.717, 1.165) is 38.5 Å². The molecule has 0 radical (unpaired) electrons. The molecule has 4 nitrogen and oxygen atoms in total. The van der Waals surface area contributed by atoms with Gasteiger partial charge in [-0.3, -0.25) is 4.90 Å². The molecule has 1 fully saturated rings. The van der Waals surface area contributed by atoms with Gasteiger partial charge in [0.15, 0.2) is 5.11 Å². The van der Waals surface area contributed by atoms with Crippen LogP contribution in [-0.4, -0.2) is 42.9 Å². The highest BCUT2D eigenvalue weighted by Gasteiger charge is 2.19. The van der Waals surface area contributed by atoms with Crippen molar-refractivity contribution in [3.8, 4) is 0 Å². The molecule has 0 saturated carbocycles. The van der Waals surface area contributed by atoms with E-state index in [0.29, 0.717) is 5.11 Å². The van der Waals surface area contributed by atoms with Crippen molar-refractivity contribution < 1.29 is 4.74 Å². The molecule has 0 amide bonds. The van der Waals surface area contributed by atoms with Gasteiger partial charge in [0.1, 0.15) is 0 Å². The van der Waals surface area contributed by atoms with Crippen LogP contribution in [0.2, 0.25) is 0 Å². The highest BCUT2D eigenvalue weighted by molar-refractivity contribution is 7.80. The third-order valence-corrected chi connectivity index (χ3v) is 5.04. The van der Waals surface area contributed by atoms with Crippen molar-refractivity contribution in [3.05, 3.63) is 65.2 Å². The summed E-state index contributed by atoms with van der Waals surface area (Å²) in [5, 5.41) is 7.47. The van der Waals surface area contributed by atoms with Crippen LogP contribution in [0, 0.1) is 13.8 Å². The number of ether oxygens (including phenoxy) is 1. The van der Waals surface area contributed by atoms with E-state index in [2.05, 4.69) is 71.8 Å². The maximum absolute atomic E-state index is 5.59. The van der Waals surface area contributed by atoms with E-state index < -0.39 is 0 Å². The number of aryl methyl sites for hydroxylation is 2. The number of nitrogens with zero attached hydrogens (tertiary/aromatic N) is 1. The molecule has 5 heteroatoms. The lowest BCUT2D eigenvalue weighted by atomic mass is 10.1. The van der Waals surface area contributed by atoms with Gasteiger partial charge < -0.3 is 15.4 Å². The quantitative estimate of drug-likeness (QED) is 0.787. The molecule has 26 heavy (non-hydrogen) atoms. The summed E-state index contributed by atoms with van der Waals surface area (Å²) < 4.78 is 5.47. The molecule has 0 spiro atoms. The molecule has 1 aliphatic rings. The number of rotatable bonds is 5. The molecule has 2 aromatic carbocycles. The van der Waals surface area contributed by atoms with Gasteiger partial charge in [-0.1, -0.05) is 36.4 Å². The Morgan fingerprint density at radius 1 is 1.08 bits per heavy atom. The molecule has 1 aliphatic heterocycles. The van der Waals surface area contributed by atoms with Crippen molar-refractivity contribution >= 4 is 23.0 Å². The number of anilines is 1. The first-order valence-corrected chi connectivity index (χ1v) is 9.52. The van der Waals surface area contributed by atoms with E-state index >= 15 is 0 Å². The molecule has 3 rings (SSSR count). The SMILES string of the molecule is Cc1ccc(NC(=S)N[C@H](CN2CCOCC2)c2ccccc2)cc1C. The molecule has 0 aromatic heterocycles. The van der Waals surface area contributed by atoms with Crippen LogP contribution in [0.3, 0.4) is 0 Å². The van der Waals surface area contributed by atoms with E-state index in [1.54, 1.807) is 0 Å². The smallest absolute Gasteiger partial charge is 0.171 e. The standard InChI is InChI=1S/C21H27N3OS/c1-16-8-9-19(14-17(16)2)22-21(26)23-20(18-6-4-3-5-7-18)15-24-10-12-25-13-11-24/h3-9,14,20H,10-13,15H2,1-2H3,(H2,22,23,26)/t20-/m1/s1. The first kappa shape index (κ1) is 18.8. The Bertz CT molecular complexity index is 729. The van der Waals surface area contributed by atoms with Gasteiger partial charge in [-0.05, 0) is 54.9 Å². The third-order valence-electron chi connectivity index (χ3n) is 4.82. The van der Waals surface area contributed by atoms with Crippen LogP contribution < -0.4 is 10.6 Å². The Labute approximate surface area is 161 Å². The number of hydrogen-bond acceptors (Lipinski definition) is 3. The van der Waals surface area contributed by atoms with E-state index in [1.165, 1.54) is 16.7 Å². The van der Waals surface area contributed by atoms with Gasteiger partial charge in [-0.2, -0.15) is 0 Å². The number of nitrogens with one attached hydrogen (secondary N) is 2. The second-order valence-corrected chi connectivity index (χ2v) is 7.18. The van der Waals surface area contributed by atoms with Crippen LogP contribution in [0.1, 0.15) is 22.7 Å². The lowest BCUT2D eigenvalue weighted by Crippen LogP contribution is -2.44. The topological polar surface area (TPSA) is 36.5 Å². The predicted molar refractivity (Wildman–Crippen MR) is 112 cm³/mol. The second-order valence-electron chi connectivity index (χ2n) is 6.77. The third kappa shape index (κ3) is 5.27. The largest absolute Gasteiger partial charge is 0.379 e. The predicted octanol–water partition coefficient (Wildman–Crippen LogP) is 3.66. The van der Waals surface area contributed by atoms with E-state index in [1.807, 2.05) is 6.07 Å². The summed E-state index contributed by atoms with van der Waals surface area (Å²) in [5.41, 5.74) is 4.79. The Morgan fingerprint density at radius 3 is 2.50 bits per heavy atom.